The van der Waals surface area contributed by atoms with Crippen molar-refractivity contribution in [1.29, 1.82) is 0 Å². The molecule has 0 bridgehead atoms. The first-order valence-electron chi connectivity index (χ1n) is 5.76. The fraction of sp³-hybridized carbons (Fsp3) is 0.364. The number of hydrogen-bond donors (Lipinski definition) is 3. The Morgan fingerprint density at radius 1 is 1.58 bits per heavy atom. The third kappa shape index (κ3) is 3.21. The molecule has 0 spiro atoms. The molecule has 8 heteroatoms. The van der Waals surface area contributed by atoms with Gasteiger partial charge in [0.2, 0.25) is 0 Å². The van der Waals surface area contributed by atoms with E-state index >= 15 is 0 Å². The van der Waals surface area contributed by atoms with Crippen molar-refractivity contribution in [2.75, 3.05) is 0 Å². The number of sulfonamides is 1. The van der Waals surface area contributed by atoms with Crippen molar-refractivity contribution in [2.24, 2.45) is 0 Å². The number of thiophene rings is 1. The maximum Gasteiger partial charge on any atom is 0.250 e. The Labute approximate surface area is 115 Å². The summed E-state index contributed by atoms with van der Waals surface area (Å²) in [6, 6.07) is 1.08. The molecule has 0 radical (unpaired) electrons. The van der Waals surface area contributed by atoms with Crippen LogP contribution in [0.5, 0.6) is 0 Å². The van der Waals surface area contributed by atoms with Crippen LogP contribution in [0.2, 0.25) is 0 Å². The van der Waals surface area contributed by atoms with Crippen LogP contribution >= 0.6 is 11.3 Å². The van der Waals surface area contributed by atoms with Gasteiger partial charge in [-0.2, -0.15) is 4.72 Å². The quantitative estimate of drug-likeness (QED) is 0.751. The SMILES string of the molecule is CCC(NS(=O)(=O)c1cc(CO)cs1)c1ncc[nH]1. The van der Waals surface area contributed by atoms with Crippen LogP contribution in [0.15, 0.2) is 28.0 Å². The zero-order valence-corrected chi connectivity index (χ0v) is 12.0. The van der Waals surface area contributed by atoms with Gasteiger partial charge in [-0.05, 0) is 23.4 Å². The molecule has 3 N–H and O–H groups in total. The van der Waals surface area contributed by atoms with Crippen molar-refractivity contribution in [3.63, 3.8) is 0 Å². The average Bonchev–Trinajstić information content (AvgIpc) is 3.06. The largest absolute Gasteiger partial charge is 0.392 e. The number of aromatic amines is 1. The van der Waals surface area contributed by atoms with Gasteiger partial charge < -0.3 is 10.1 Å². The molecule has 0 aliphatic heterocycles. The van der Waals surface area contributed by atoms with E-state index in [9.17, 15) is 8.42 Å². The van der Waals surface area contributed by atoms with Crippen LogP contribution in [-0.4, -0.2) is 23.5 Å². The lowest BCUT2D eigenvalue weighted by molar-refractivity contribution is 0.282. The summed E-state index contributed by atoms with van der Waals surface area (Å²) in [5, 5.41) is 10.6. The summed E-state index contributed by atoms with van der Waals surface area (Å²) in [7, 11) is -3.59. The van der Waals surface area contributed by atoms with Gasteiger partial charge in [0.1, 0.15) is 10.0 Å². The number of aliphatic hydroxyl groups excluding tert-OH is 1. The number of H-pyrrole nitrogens is 1. The van der Waals surface area contributed by atoms with Gasteiger partial charge in [0.25, 0.3) is 10.0 Å². The standard InChI is InChI=1S/C11H15N3O3S2/c1-2-9(11-12-3-4-13-11)14-19(16,17)10-5-8(6-15)7-18-10/h3-5,7,9,14-15H,2,6H2,1H3,(H,12,13). The first-order valence-corrected chi connectivity index (χ1v) is 8.13. The van der Waals surface area contributed by atoms with Gasteiger partial charge in [0.15, 0.2) is 0 Å². The van der Waals surface area contributed by atoms with Crippen LogP contribution in [-0.2, 0) is 16.6 Å². The Morgan fingerprint density at radius 3 is 2.89 bits per heavy atom. The highest BCUT2D eigenvalue weighted by Gasteiger charge is 2.23. The van der Waals surface area contributed by atoms with Gasteiger partial charge in [0.05, 0.1) is 12.6 Å². The predicted molar refractivity (Wildman–Crippen MR) is 72.2 cm³/mol. The normalized spacial score (nSPS) is 13.6. The molecule has 2 aromatic heterocycles. The number of aromatic nitrogens is 2. The molecular formula is C11H15N3O3S2. The zero-order chi connectivity index (χ0) is 13.9. The van der Waals surface area contributed by atoms with E-state index in [4.69, 9.17) is 5.11 Å². The van der Waals surface area contributed by atoms with E-state index < -0.39 is 10.0 Å². The number of nitrogens with one attached hydrogen (secondary N) is 2. The van der Waals surface area contributed by atoms with Gasteiger partial charge in [0, 0.05) is 12.4 Å². The molecule has 104 valence electrons. The first-order chi connectivity index (χ1) is 9.06. The molecule has 0 fully saturated rings. The molecule has 0 aromatic carbocycles. The Balaban J connectivity index is 2.20. The van der Waals surface area contributed by atoms with Gasteiger partial charge >= 0.3 is 0 Å². The first kappa shape index (κ1) is 14.2. The minimum atomic E-state index is -3.59. The van der Waals surface area contributed by atoms with Crippen LogP contribution in [0.25, 0.3) is 0 Å². The second-order valence-electron chi connectivity index (χ2n) is 3.99. The number of aliphatic hydroxyl groups is 1. The Kier molecular flexibility index (Phi) is 4.35. The Hall–Kier alpha value is -1.22. The molecule has 2 aromatic rings. The Bertz CT molecular complexity index is 619. The van der Waals surface area contributed by atoms with Crippen molar-refractivity contribution < 1.29 is 13.5 Å². The van der Waals surface area contributed by atoms with Crippen LogP contribution in [0.1, 0.15) is 30.8 Å². The molecule has 1 atom stereocenters. The zero-order valence-electron chi connectivity index (χ0n) is 10.3. The van der Waals surface area contributed by atoms with E-state index in [1.165, 1.54) is 6.07 Å². The fourth-order valence-electron chi connectivity index (χ4n) is 1.62. The highest BCUT2D eigenvalue weighted by atomic mass is 32.2. The molecule has 0 amide bonds. The predicted octanol–water partition coefficient (Wildman–Crippen LogP) is 1.39. The lowest BCUT2D eigenvalue weighted by atomic mass is 10.2. The summed E-state index contributed by atoms with van der Waals surface area (Å²) in [5.74, 6) is 0.588. The summed E-state index contributed by atoms with van der Waals surface area (Å²) >= 11 is 1.09. The number of rotatable bonds is 6. The molecule has 2 heterocycles. The molecular weight excluding hydrogens is 286 g/mol. The van der Waals surface area contributed by atoms with Gasteiger partial charge in [-0.1, -0.05) is 6.92 Å². The van der Waals surface area contributed by atoms with Crippen LogP contribution < -0.4 is 4.72 Å². The van der Waals surface area contributed by atoms with Crippen molar-refractivity contribution in [1.82, 2.24) is 14.7 Å². The minimum absolute atomic E-state index is 0.165. The van der Waals surface area contributed by atoms with Crippen molar-refractivity contribution >= 4 is 21.4 Å². The number of hydrogen-bond acceptors (Lipinski definition) is 5. The van der Waals surface area contributed by atoms with E-state index in [-0.39, 0.29) is 16.9 Å². The maximum absolute atomic E-state index is 12.2. The molecule has 0 aliphatic rings. The number of nitrogens with zero attached hydrogens (tertiary/aromatic N) is 1. The maximum atomic E-state index is 12.2. The second-order valence-corrected chi connectivity index (χ2v) is 6.84. The van der Waals surface area contributed by atoms with E-state index in [2.05, 4.69) is 14.7 Å². The van der Waals surface area contributed by atoms with E-state index in [1.54, 1.807) is 17.8 Å². The summed E-state index contributed by atoms with van der Waals surface area (Å²) in [6.07, 6.45) is 3.83. The fourth-order valence-corrected chi connectivity index (χ4v) is 4.12. The average molecular weight is 301 g/mol. The monoisotopic (exact) mass is 301 g/mol. The topological polar surface area (TPSA) is 95.1 Å². The lowest BCUT2D eigenvalue weighted by Gasteiger charge is -2.13. The van der Waals surface area contributed by atoms with Gasteiger partial charge in [-0.15, -0.1) is 11.3 Å². The third-order valence-corrected chi connectivity index (χ3v) is 5.59. The van der Waals surface area contributed by atoms with Crippen LogP contribution in [0, 0.1) is 0 Å². The summed E-state index contributed by atoms with van der Waals surface area (Å²) in [4.78, 5) is 6.97. The van der Waals surface area contributed by atoms with Crippen LogP contribution in [0.4, 0.5) is 0 Å². The summed E-state index contributed by atoms with van der Waals surface area (Å²) in [5.41, 5.74) is 0.594. The second kappa shape index (κ2) is 5.83. The summed E-state index contributed by atoms with van der Waals surface area (Å²) in [6.45, 7) is 1.71. The number of imidazole rings is 1. The molecule has 19 heavy (non-hydrogen) atoms. The molecule has 2 rings (SSSR count). The van der Waals surface area contributed by atoms with Gasteiger partial charge in [-0.3, -0.25) is 0 Å². The van der Waals surface area contributed by atoms with Crippen molar-refractivity contribution in [3.05, 3.63) is 35.2 Å². The van der Waals surface area contributed by atoms with E-state index in [0.29, 0.717) is 17.8 Å². The molecule has 0 saturated heterocycles. The third-order valence-electron chi connectivity index (χ3n) is 2.63. The smallest absolute Gasteiger partial charge is 0.250 e. The molecule has 1 unspecified atom stereocenters. The molecule has 6 nitrogen and oxygen atoms in total. The lowest BCUT2D eigenvalue weighted by Crippen LogP contribution is -2.28. The van der Waals surface area contributed by atoms with Crippen LogP contribution in [0.3, 0.4) is 0 Å². The highest BCUT2D eigenvalue weighted by Crippen LogP contribution is 2.23. The van der Waals surface area contributed by atoms with Crippen molar-refractivity contribution in [3.8, 4) is 0 Å². The summed E-state index contributed by atoms with van der Waals surface area (Å²) < 4.78 is 27.2. The van der Waals surface area contributed by atoms with E-state index in [1.807, 2.05) is 6.92 Å². The van der Waals surface area contributed by atoms with Gasteiger partial charge in [-0.25, -0.2) is 13.4 Å². The molecule has 0 aliphatic carbocycles. The minimum Gasteiger partial charge on any atom is -0.392 e. The Morgan fingerprint density at radius 2 is 2.37 bits per heavy atom. The van der Waals surface area contributed by atoms with E-state index in [0.717, 1.165) is 11.3 Å². The highest BCUT2D eigenvalue weighted by molar-refractivity contribution is 7.91. The van der Waals surface area contributed by atoms with Crippen molar-refractivity contribution in [2.45, 2.75) is 30.2 Å². The molecule has 0 saturated carbocycles.